The van der Waals surface area contributed by atoms with Gasteiger partial charge in [-0.3, -0.25) is 4.90 Å². The lowest BCUT2D eigenvalue weighted by atomic mass is 10.0. The van der Waals surface area contributed by atoms with Gasteiger partial charge < -0.3 is 9.80 Å². The van der Waals surface area contributed by atoms with Gasteiger partial charge in [-0.1, -0.05) is 17.3 Å². The lowest BCUT2D eigenvalue weighted by Crippen LogP contribution is -2.53. The van der Waals surface area contributed by atoms with E-state index < -0.39 is 0 Å². The average molecular weight is 365 g/mol. The number of hydrogen-bond donors (Lipinski definition) is 0. The van der Waals surface area contributed by atoms with Crippen molar-refractivity contribution in [3.05, 3.63) is 24.3 Å². The molecule has 2 fully saturated rings. The molecule has 0 atom stereocenters. The highest BCUT2D eigenvalue weighted by Gasteiger charge is 2.29. The largest absolute Gasteiger partial charge is 0.346 e. The van der Waals surface area contributed by atoms with Crippen LogP contribution in [-0.2, 0) is 0 Å². The number of carbonyl (C=O) groups is 1. The maximum absolute atomic E-state index is 12.8. The molecule has 2 aliphatic heterocycles. The van der Waals surface area contributed by atoms with Crippen molar-refractivity contribution in [3.8, 4) is 0 Å². The fraction of sp³-hybridized carbons (Fsp3) is 0.588. The number of aromatic nitrogens is 3. The van der Waals surface area contributed by atoms with E-state index in [1.165, 1.54) is 4.68 Å². The first-order valence-corrected chi connectivity index (χ1v) is 8.75. The predicted octanol–water partition coefficient (Wildman–Crippen LogP) is 1.53. The topological polar surface area (TPSA) is 57.5 Å². The second-order valence-corrected chi connectivity index (χ2v) is 6.83. The SMILES string of the molecule is CN1CCN(C2CCN(C(=O)n3nnc4ccccc43)CC2)CC1.Cl. The lowest BCUT2D eigenvalue weighted by Gasteiger charge is -2.41. The van der Waals surface area contributed by atoms with Crippen molar-refractivity contribution in [2.24, 2.45) is 0 Å². The fourth-order valence-electron chi connectivity index (χ4n) is 3.75. The lowest BCUT2D eigenvalue weighted by molar-refractivity contribution is 0.0747. The zero-order valence-electron chi connectivity index (χ0n) is 14.5. The molecule has 3 heterocycles. The van der Waals surface area contributed by atoms with Gasteiger partial charge in [0.15, 0.2) is 0 Å². The first-order valence-electron chi connectivity index (χ1n) is 8.75. The molecule has 0 aliphatic carbocycles. The fourth-order valence-corrected chi connectivity index (χ4v) is 3.75. The Morgan fingerprint density at radius 1 is 1.04 bits per heavy atom. The smallest absolute Gasteiger partial charge is 0.323 e. The summed E-state index contributed by atoms with van der Waals surface area (Å²) in [5, 5.41) is 8.13. The van der Waals surface area contributed by atoms with Gasteiger partial charge in [-0.2, -0.15) is 4.68 Å². The number of likely N-dealkylation sites (tertiary alicyclic amines) is 1. The molecule has 0 N–H and O–H groups in total. The van der Waals surface area contributed by atoms with Crippen LogP contribution in [0.15, 0.2) is 24.3 Å². The zero-order valence-corrected chi connectivity index (χ0v) is 15.4. The first kappa shape index (κ1) is 18.1. The van der Waals surface area contributed by atoms with Crippen LogP contribution < -0.4 is 0 Å². The van der Waals surface area contributed by atoms with E-state index in [1.807, 2.05) is 29.2 Å². The molecule has 0 spiro atoms. The molecule has 4 rings (SSSR count). The third kappa shape index (κ3) is 3.63. The monoisotopic (exact) mass is 364 g/mol. The molecule has 2 aliphatic rings. The molecule has 8 heteroatoms. The van der Waals surface area contributed by atoms with E-state index >= 15 is 0 Å². The van der Waals surface area contributed by atoms with E-state index in [0.29, 0.717) is 6.04 Å². The summed E-state index contributed by atoms with van der Waals surface area (Å²) >= 11 is 0. The van der Waals surface area contributed by atoms with Crippen molar-refractivity contribution in [1.82, 2.24) is 29.7 Å². The van der Waals surface area contributed by atoms with E-state index in [0.717, 1.165) is 63.1 Å². The molecule has 1 aromatic carbocycles. The second-order valence-electron chi connectivity index (χ2n) is 6.83. The second kappa shape index (κ2) is 7.68. The number of piperidine rings is 1. The molecule has 136 valence electrons. The highest BCUT2D eigenvalue weighted by molar-refractivity contribution is 5.87. The van der Waals surface area contributed by atoms with Crippen LogP contribution in [-0.4, -0.2) is 88.1 Å². The molecule has 25 heavy (non-hydrogen) atoms. The standard InChI is InChI=1S/C17H24N6O.ClH/c1-20-10-12-21(13-11-20)14-6-8-22(9-7-14)17(24)23-16-5-3-2-4-15(16)18-19-23;/h2-5,14H,6-13H2,1H3;1H. The van der Waals surface area contributed by atoms with E-state index in [1.54, 1.807) is 0 Å². The van der Waals surface area contributed by atoms with E-state index in [2.05, 4.69) is 27.2 Å². The van der Waals surface area contributed by atoms with Crippen LogP contribution in [0.25, 0.3) is 11.0 Å². The van der Waals surface area contributed by atoms with E-state index in [-0.39, 0.29) is 18.4 Å². The summed E-state index contributed by atoms with van der Waals surface area (Å²) in [7, 11) is 2.18. The van der Waals surface area contributed by atoms with Crippen molar-refractivity contribution < 1.29 is 4.79 Å². The van der Waals surface area contributed by atoms with Gasteiger partial charge in [0.05, 0.1) is 5.52 Å². The van der Waals surface area contributed by atoms with Crippen LogP contribution in [0.1, 0.15) is 12.8 Å². The molecule has 1 aromatic heterocycles. The number of piperazine rings is 1. The van der Waals surface area contributed by atoms with Crippen LogP contribution in [0.4, 0.5) is 4.79 Å². The Hall–Kier alpha value is -1.70. The highest BCUT2D eigenvalue weighted by Crippen LogP contribution is 2.19. The van der Waals surface area contributed by atoms with Gasteiger partial charge in [0.2, 0.25) is 0 Å². The number of benzene rings is 1. The van der Waals surface area contributed by atoms with E-state index in [9.17, 15) is 4.79 Å². The normalized spacial score (nSPS) is 20.6. The number of carbonyl (C=O) groups excluding carboxylic acids is 1. The minimum absolute atomic E-state index is 0. The minimum Gasteiger partial charge on any atom is -0.323 e. The summed E-state index contributed by atoms with van der Waals surface area (Å²) < 4.78 is 1.44. The zero-order chi connectivity index (χ0) is 16.5. The predicted molar refractivity (Wildman–Crippen MR) is 99.2 cm³/mol. The van der Waals surface area contributed by atoms with Crippen LogP contribution in [0.2, 0.25) is 0 Å². The van der Waals surface area contributed by atoms with Crippen molar-refractivity contribution in [3.63, 3.8) is 0 Å². The molecule has 0 bridgehead atoms. The van der Waals surface area contributed by atoms with Gasteiger partial charge in [-0.25, -0.2) is 4.79 Å². The average Bonchev–Trinajstić information content (AvgIpc) is 3.06. The number of halogens is 1. The number of para-hydroxylation sites is 1. The van der Waals surface area contributed by atoms with Gasteiger partial charge >= 0.3 is 6.03 Å². The Morgan fingerprint density at radius 3 is 2.44 bits per heavy atom. The molecule has 7 nitrogen and oxygen atoms in total. The molecule has 0 radical (unpaired) electrons. The van der Waals surface area contributed by atoms with Gasteiger partial charge in [0, 0.05) is 45.3 Å². The molecule has 2 saturated heterocycles. The van der Waals surface area contributed by atoms with Gasteiger partial charge in [-0.15, -0.1) is 17.5 Å². The van der Waals surface area contributed by atoms with Crippen LogP contribution >= 0.6 is 12.4 Å². The Kier molecular flexibility index (Phi) is 5.56. The Balaban J connectivity index is 0.00000182. The summed E-state index contributed by atoms with van der Waals surface area (Å²) in [6, 6.07) is 8.15. The Bertz CT molecular complexity index is 719. The van der Waals surface area contributed by atoms with Crippen LogP contribution in [0.3, 0.4) is 0 Å². The van der Waals surface area contributed by atoms with Crippen LogP contribution in [0.5, 0.6) is 0 Å². The number of amides is 1. The maximum Gasteiger partial charge on any atom is 0.346 e. The summed E-state index contributed by atoms with van der Waals surface area (Å²) in [5.74, 6) is 0. The molecule has 1 amide bonds. The van der Waals surface area contributed by atoms with Gasteiger partial charge in [-0.05, 0) is 32.0 Å². The Morgan fingerprint density at radius 2 is 1.72 bits per heavy atom. The maximum atomic E-state index is 12.8. The summed E-state index contributed by atoms with van der Waals surface area (Å²) in [6.45, 7) is 6.16. The number of likely N-dealkylation sites (N-methyl/N-ethyl adjacent to an activating group) is 1. The van der Waals surface area contributed by atoms with Gasteiger partial charge in [0.1, 0.15) is 5.52 Å². The number of nitrogens with zero attached hydrogens (tertiary/aromatic N) is 6. The third-order valence-corrected chi connectivity index (χ3v) is 5.32. The minimum atomic E-state index is -0.0551. The molecular formula is C17H25ClN6O. The highest BCUT2D eigenvalue weighted by atomic mass is 35.5. The number of rotatable bonds is 1. The van der Waals surface area contributed by atoms with Crippen molar-refractivity contribution >= 4 is 29.5 Å². The molecular weight excluding hydrogens is 340 g/mol. The number of hydrogen-bond acceptors (Lipinski definition) is 5. The van der Waals surface area contributed by atoms with E-state index in [4.69, 9.17) is 0 Å². The van der Waals surface area contributed by atoms with Gasteiger partial charge in [0.25, 0.3) is 0 Å². The summed E-state index contributed by atoms with van der Waals surface area (Å²) in [4.78, 5) is 19.6. The first-order chi connectivity index (χ1) is 11.7. The number of fused-ring (bicyclic) bond motifs is 1. The summed E-state index contributed by atoms with van der Waals surface area (Å²) in [6.07, 6.45) is 2.09. The van der Waals surface area contributed by atoms with Crippen molar-refractivity contribution in [1.29, 1.82) is 0 Å². The van der Waals surface area contributed by atoms with Crippen molar-refractivity contribution in [2.75, 3.05) is 46.3 Å². The quantitative estimate of drug-likeness (QED) is 0.768. The third-order valence-electron chi connectivity index (χ3n) is 5.32. The van der Waals surface area contributed by atoms with Crippen molar-refractivity contribution in [2.45, 2.75) is 18.9 Å². The summed E-state index contributed by atoms with van der Waals surface area (Å²) in [5.41, 5.74) is 1.54. The molecule has 0 saturated carbocycles. The molecule has 0 unspecified atom stereocenters. The van der Waals surface area contributed by atoms with Crippen LogP contribution in [0, 0.1) is 0 Å². The Labute approximate surface area is 154 Å². The molecule has 2 aromatic rings.